The number of esters is 3. The molecular weight excluding hydrogens is 496 g/mol. The third-order valence-electron chi connectivity index (χ3n) is 6.25. The largest absolute Gasteiger partial charge is 0.463 e. The van der Waals surface area contributed by atoms with Crippen molar-refractivity contribution >= 4 is 17.9 Å². The fraction of sp³-hybridized carbons (Fsp3) is 0.875. The molecule has 0 bridgehead atoms. The lowest BCUT2D eigenvalue weighted by atomic mass is 9.99. The van der Waals surface area contributed by atoms with Gasteiger partial charge in [-0.05, 0) is 27.7 Å². The summed E-state index contributed by atoms with van der Waals surface area (Å²) in [5.74, 6) is -3.44. The molecule has 0 aliphatic carbocycles. The summed E-state index contributed by atoms with van der Waals surface area (Å²) in [6, 6.07) is 0. The topological polar surface area (TPSA) is 144 Å². The number of fused-ring (bicyclic) bond motifs is 3. The zero-order valence-corrected chi connectivity index (χ0v) is 22.1. The highest BCUT2D eigenvalue weighted by molar-refractivity contribution is 5.67. The van der Waals surface area contributed by atoms with E-state index in [1.54, 1.807) is 13.8 Å². The van der Waals surface area contributed by atoms with Gasteiger partial charge >= 0.3 is 17.9 Å². The van der Waals surface area contributed by atoms with Crippen molar-refractivity contribution < 1.29 is 61.8 Å². The van der Waals surface area contributed by atoms with Crippen LogP contribution < -0.4 is 0 Å². The first-order valence-corrected chi connectivity index (χ1v) is 12.3. The van der Waals surface area contributed by atoms with E-state index in [4.69, 9.17) is 47.4 Å². The van der Waals surface area contributed by atoms with Crippen molar-refractivity contribution in [1.29, 1.82) is 0 Å². The first-order valence-electron chi connectivity index (χ1n) is 12.3. The molecule has 0 saturated carbocycles. The Morgan fingerprint density at radius 1 is 0.730 bits per heavy atom. The van der Waals surface area contributed by atoms with Crippen LogP contribution in [0.4, 0.5) is 0 Å². The normalized spacial score (nSPS) is 39.8. The van der Waals surface area contributed by atoms with Crippen molar-refractivity contribution in [3.63, 3.8) is 0 Å². The zero-order valence-electron chi connectivity index (χ0n) is 22.1. The van der Waals surface area contributed by atoms with Gasteiger partial charge in [0.15, 0.2) is 30.3 Å². The highest BCUT2D eigenvalue weighted by Crippen LogP contribution is 2.44. The third-order valence-corrected chi connectivity index (χ3v) is 6.25. The Bertz CT molecular complexity index is 873. The Labute approximate surface area is 215 Å². The van der Waals surface area contributed by atoms with Crippen LogP contribution in [0.5, 0.6) is 0 Å². The maximum Gasteiger partial charge on any atom is 0.303 e. The minimum atomic E-state index is -0.990. The molecule has 13 heteroatoms. The quantitative estimate of drug-likeness (QED) is 0.339. The SMILES string of the molecule is CC(=O)OC[C@H]1O[C@H](OC[C@H]2O[C@@H]3OC(C)(C)O[C@@H]3[C@H]3OC(C)(C)O[C@H]32)C[C@@H](OC(C)=O)[C@@H]1OC(C)=O. The van der Waals surface area contributed by atoms with E-state index in [1.807, 2.05) is 13.8 Å². The van der Waals surface area contributed by atoms with Crippen LogP contribution in [0, 0.1) is 0 Å². The standard InChI is InChI=1S/C24H36O13/c1-11(25)28-9-15-18(31-13(3)27)14(30-12(2)26)8-17(32-15)29-10-16-19-20(35-23(4,5)34-19)21-22(33-16)37-24(6,7)36-21/h14-22H,8-10H2,1-7H3/t14-,15-,16-,17+,18+,19+,20+,21-,22-/m1/s1. The molecule has 0 unspecified atom stereocenters. The molecule has 210 valence electrons. The molecule has 9 atom stereocenters. The lowest BCUT2D eigenvalue weighted by Gasteiger charge is -2.41. The molecule has 0 radical (unpaired) electrons. The highest BCUT2D eigenvalue weighted by Gasteiger charge is 2.61. The molecule has 4 heterocycles. The van der Waals surface area contributed by atoms with Crippen LogP contribution in [0.3, 0.4) is 0 Å². The van der Waals surface area contributed by atoms with Crippen molar-refractivity contribution in [2.24, 2.45) is 0 Å². The third kappa shape index (κ3) is 6.77. The summed E-state index contributed by atoms with van der Waals surface area (Å²) < 4.78 is 58.2. The van der Waals surface area contributed by atoms with Gasteiger partial charge in [-0.25, -0.2) is 0 Å². The first kappa shape index (κ1) is 28.1. The molecule has 0 spiro atoms. The summed E-state index contributed by atoms with van der Waals surface area (Å²) in [5.41, 5.74) is 0. The highest BCUT2D eigenvalue weighted by atomic mass is 16.9. The lowest BCUT2D eigenvalue weighted by Crippen LogP contribution is -2.57. The van der Waals surface area contributed by atoms with Gasteiger partial charge in [-0.2, -0.15) is 0 Å². The molecule has 4 rings (SSSR count). The summed E-state index contributed by atoms with van der Waals surface area (Å²) in [6.07, 6.45) is -6.36. The molecule has 0 amide bonds. The van der Waals surface area contributed by atoms with E-state index in [1.165, 1.54) is 20.8 Å². The zero-order chi connectivity index (χ0) is 27.1. The molecule has 0 aromatic carbocycles. The molecule has 0 aromatic rings. The predicted octanol–water partition coefficient (Wildman–Crippen LogP) is 0.941. The van der Waals surface area contributed by atoms with E-state index < -0.39 is 84.8 Å². The van der Waals surface area contributed by atoms with Crippen LogP contribution in [-0.4, -0.2) is 98.0 Å². The van der Waals surface area contributed by atoms with E-state index in [0.717, 1.165) is 0 Å². The maximum atomic E-state index is 11.8. The summed E-state index contributed by atoms with van der Waals surface area (Å²) >= 11 is 0. The molecule has 0 N–H and O–H groups in total. The van der Waals surface area contributed by atoms with Crippen molar-refractivity contribution in [2.75, 3.05) is 13.2 Å². The van der Waals surface area contributed by atoms with Crippen molar-refractivity contribution in [1.82, 2.24) is 0 Å². The minimum Gasteiger partial charge on any atom is -0.463 e. The van der Waals surface area contributed by atoms with Gasteiger partial charge < -0.3 is 47.4 Å². The summed E-state index contributed by atoms with van der Waals surface area (Å²) in [6.45, 7) is 10.7. The smallest absolute Gasteiger partial charge is 0.303 e. The van der Waals surface area contributed by atoms with Crippen LogP contribution in [0.2, 0.25) is 0 Å². The van der Waals surface area contributed by atoms with Crippen LogP contribution in [0.15, 0.2) is 0 Å². The number of hydrogen-bond acceptors (Lipinski definition) is 13. The fourth-order valence-corrected chi connectivity index (χ4v) is 5.03. The van der Waals surface area contributed by atoms with Gasteiger partial charge in [-0.15, -0.1) is 0 Å². The Hall–Kier alpha value is -1.87. The second-order valence-corrected chi connectivity index (χ2v) is 10.4. The first-order chi connectivity index (χ1) is 17.2. The molecule has 37 heavy (non-hydrogen) atoms. The molecule has 13 nitrogen and oxygen atoms in total. The van der Waals surface area contributed by atoms with Gasteiger partial charge in [0.05, 0.1) is 6.61 Å². The van der Waals surface area contributed by atoms with E-state index in [-0.39, 0.29) is 19.6 Å². The Balaban J connectivity index is 1.47. The van der Waals surface area contributed by atoms with Gasteiger partial charge in [-0.1, -0.05) is 0 Å². The number of rotatable bonds is 7. The molecule has 4 aliphatic heterocycles. The van der Waals surface area contributed by atoms with Gasteiger partial charge in [0, 0.05) is 27.2 Å². The van der Waals surface area contributed by atoms with Crippen LogP contribution in [0.25, 0.3) is 0 Å². The molecule has 4 aliphatic rings. The van der Waals surface area contributed by atoms with Crippen molar-refractivity contribution in [3.05, 3.63) is 0 Å². The number of carbonyl (C=O) groups is 3. The second-order valence-electron chi connectivity index (χ2n) is 10.4. The van der Waals surface area contributed by atoms with E-state index in [9.17, 15) is 14.4 Å². The summed E-state index contributed by atoms with van der Waals surface area (Å²) in [5, 5.41) is 0. The van der Waals surface area contributed by atoms with Crippen LogP contribution in [0.1, 0.15) is 54.9 Å². The average molecular weight is 533 g/mol. The number of carbonyl (C=O) groups excluding carboxylic acids is 3. The van der Waals surface area contributed by atoms with Gasteiger partial charge in [0.2, 0.25) is 0 Å². The molecular formula is C24H36O13. The van der Waals surface area contributed by atoms with E-state index >= 15 is 0 Å². The Kier molecular flexibility index (Phi) is 8.15. The van der Waals surface area contributed by atoms with E-state index in [2.05, 4.69) is 0 Å². The molecule has 0 aromatic heterocycles. The fourth-order valence-electron chi connectivity index (χ4n) is 5.03. The van der Waals surface area contributed by atoms with E-state index in [0.29, 0.717) is 0 Å². The van der Waals surface area contributed by atoms with Crippen LogP contribution in [-0.2, 0) is 61.8 Å². The van der Waals surface area contributed by atoms with Gasteiger partial charge in [0.1, 0.15) is 43.2 Å². The Morgan fingerprint density at radius 3 is 2.00 bits per heavy atom. The number of hydrogen-bond donors (Lipinski definition) is 0. The summed E-state index contributed by atoms with van der Waals surface area (Å²) in [4.78, 5) is 34.9. The van der Waals surface area contributed by atoms with Crippen molar-refractivity contribution in [2.45, 2.75) is 122 Å². The monoisotopic (exact) mass is 532 g/mol. The van der Waals surface area contributed by atoms with Crippen LogP contribution >= 0.6 is 0 Å². The number of ether oxygens (including phenoxy) is 10. The van der Waals surface area contributed by atoms with Gasteiger partial charge in [-0.3, -0.25) is 14.4 Å². The Morgan fingerprint density at radius 2 is 1.35 bits per heavy atom. The maximum absolute atomic E-state index is 11.8. The minimum absolute atomic E-state index is 0.0175. The molecule has 4 fully saturated rings. The lowest BCUT2D eigenvalue weighted by molar-refractivity contribution is -0.288. The predicted molar refractivity (Wildman–Crippen MR) is 119 cm³/mol. The summed E-state index contributed by atoms with van der Waals surface area (Å²) in [7, 11) is 0. The second kappa shape index (κ2) is 10.7. The van der Waals surface area contributed by atoms with Crippen molar-refractivity contribution in [3.8, 4) is 0 Å². The average Bonchev–Trinajstić information content (AvgIpc) is 3.25. The van der Waals surface area contributed by atoms with Gasteiger partial charge in [0.25, 0.3) is 0 Å². The molecule has 4 saturated heterocycles.